The monoisotopic (exact) mass is 219 g/mol. The van der Waals surface area contributed by atoms with Crippen LogP contribution in [0.25, 0.3) is 0 Å². The smallest absolute Gasteiger partial charge is 0.275 e. The van der Waals surface area contributed by atoms with Crippen molar-refractivity contribution in [1.82, 2.24) is 15.1 Å². The molecule has 1 aliphatic carbocycles. The number of likely N-dealkylation sites (tertiary alicyclic amines) is 1. The van der Waals surface area contributed by atoms with Crippen molar-refractivity contribution < 1.29 is 4.79 Å². The van der Waals surface area contributed by atoms with Gasteiger partial charge < -0.3 is 4.90 Å². The molecule has 0 aromatic carbocycles. The van der Waals surface area contributed by atoms with E-state index in [1.54, 1.807) is 0 Å². The molecule has 0 bridgehead atoms. The lowest BCUT2D eigenvalue weighted by Crippen LogP contribution is -2.58. The molecule has 4 heteroatoms. The van der Waals surface area contributed by atoms with E-state index >= 15 is 0 Å². The third-order valence-corrected chi connectivity index (χ3v) is 3.93. The van der Waals surface area contributed by atoms with Gasteiger partial charge in [-0.2, -0.15) is 5.10 Å². The van der Waals surface area contributed by atoms with E-state index in [9.17, 15) is 4.79 Å². The summed E-state index contributed by atoms with van der Waals surface area (Å²) in [6.45, 7) is 5.09. The first kappa shape index (κ1) is 9.87. The number of rotatable bonds is 1. The van der Waals surface area contributed by atoms with Crippen molar-refractivity contribution in [1.29, 1.82) is 0 Å². The number of hydrogen-bond acceptors (Lipinski definition) is 2. The number of carbonyl (C=O) groups is 1. The van der Waals surface area contributed by atoms with Crippen LogP contribution in [0.4, 0.5) is 0 Å². The number of fused-ring (bicyclic) bond motifs is 1. The predicted octanol–water partition coefficient (Wildman–Crippen LogP) is 1.52. The maximum absolute atomic E-state index is 12.3. The number of H-pyrrole nitrogens is 1. The molecule has 0 saturated carbocycles. The van der Waals surface area contributed by atoms with Crippen LogP contribution in [0, 0.1) is 0 Å². The Morgan fingerprint density at radius 3 is 2.88 bits per heavy atom. The van der Waals surface area contributed by atoms with E-state index in [1.165, 1.54) is 5.69 Å². The van der Waals surface area contributed by atoms with Crippen LogP contribution in [-0.4, -0.2) is 33.1 Å². The molecule has 2 heterocycles. The first-order valence-electron chi connectivity index (χ1n) is 5.98. The molecule has 4 nitrogen and oxygen atoms in total. The zero-order valence-corrected chi connectivity index (χ0v) is 9.84. The maximum atomic E-state index is 12.3. The maximum Gasteiger partial charge on any atom is 0.275 e. The highest BCUT2D eigenvalue weighted by Gasteiger charge is 2.41. The summed E-state index contributed by atoms with van der Waals surface area (Å²) in [5.74, 6) is 0.107. The molecule has 1 fully saturated rings. The second-order valence-corrected chi connectivity index (χ2v) is 5.40. The number of hydrogen-bond donors (Lipinski definition) is 1. The molecule has 1 saturated heterocycles. The van der Waals surface area contributed by atoms with Gasteiger partial charge in [-0.3, -0.25) is 9.89 Å². The van der Waals surface area contributed by atoms with E-state index < -0.39 is 0 Å². The van der Waals surface area contributed by atoms with Crippen LogP contribution >= 0.6 is 0 Å². The standard InChI is InChI=1S/C12H17N3O/c1-12(2)6-7-15(12)11(16)10-8-4-3-5-9(8)13-14-10/h3-7H2,1-2H3,(H,13,14). The minimum atomic E-state index is 0.0154. The van der Waals surface area contributed by atoms with Gasteiger partial charge in [-0.25, -0.2) is 0 Å². The van der Waals surface area contributed by atoms with E-state index in [2.05, 4.69) is 24.0 Å². The molecule has 1 aromatic rings. The quantitative estimate of drug-likeness (QED) is 0.778. The van der Waals surface area contributed by atoms with E-state index in [0.717, 1.165) is 37.8 Å². The van der Waals surface area contributed by atoms with E-state index in [1.807, 2.05) is 4.90 Å². The van der Waals surface area contributed by atoms with Gasteiger partial charge in [-0.1, -0.05) is 0 Å². The van der Waals surface area contributed by atoms with Crippen molar-refractivity contribution in [2.45, 2.75) is 45.1 Å². The zero-order chi connectivity index (χ0) is 11.3. The molecule has 86 valence electrons. The van der Waals surface area contributed by atoms with Crippen LogP contribution in [0.2, 0.25) is 0 Å². The van der Waals surface area contributed by atoms with Crippen molar-refractivity contribution in [3.8, 4) is 0 Å². The predicted molar refractivity (Wildman–Crippen MR) is 60.3 cm³/mol. The van der Waals surface area contributed by atoms with Crippen molar-refractivity contribution in [2.75, 3.05) is 6.54 Å². The number of carbonyl (C=O) groups excluding carboxylic acids is 1. The molecule has 0 unspecified atom stereocenters. The number of nitrogens with one attached hydrogen (secondary N) is 1. The number of aromatic amines is 1. The van der Waals surface area contributed by atoms with Crippen molar-refractivity contribution >= 4 is 5.91 Å². The summed E-state index contributed by atoms with van der Waals surface area (Å²) >= 11 is 0. The van der Waals surface area contributed by atoms with Gasteiger partial charge in [0.1, 0.15) is 0 Å². The van der Waals surface area contributed by atoms with Gasteiger partial charge in [0, 0.05) is 23.3 Å². The number of aryl methyl sites for hydroxylation is 1. The highest BCUT2D eigenvalue weighted by Crippen LogP contribution is 2.32. The summed E-state index contributed by atoms with van der Waals surface area (Å²) in [7, 11) is 0. The Balaban J connectivity index is 1.90. The van der Waals surface area contributed by atoms with Gasteiger partial charge in [-0.15, -0.1) is 0 Å². The molecule has 0 radical (unpaired) electrons. The van der Waals surface area contributed by atoms with Crippen LogP contribution in [0.3, 0.4) is 0 Å². The molecular weight excluding hydrogens is 202 g/mol. The largest absolute Gasteiger partial charge is 0.332 e. The van der Waals surface area contributed by atoms with Gasteiger partial charge in [0.2, 0.25) is 0 Å². The zero-order valence-electron chi connectivity index (χ0n) is 9.84. The lowest BCUT2D eigenvalue weighted by atomic mass is 9.88. The molecule has 1 aromatic heterocycles. The average molecular weight is 219 g/mol. The summed E-state index contributed by atoms with van der Waals surface area (Å²) < 4.78 is 0. The van der Waals surface area contributed by atoms with Crippen molar-refractivity contribution in [3.63, 3.8) is 0 Å². The van der Waals surface area contributed by atoms with E-state index in [4.69, 9.17) is 0 Å². The van der Waals surface area contributed by atoms with E-state index in [0.29, 0.717) is 5.69 Å². The highest BCUT2D eigenvalue weighted by molar-refractivity contribution is 5.95. The Morgan fingerprint density at radius 1 is 1.44 bits per heavy atom. The Kier molecular flexibility index (Phi) is 1.91. The Hall–Kier alpha value is -1.32. The summed E-state index contributed by atoms with van der Waals surface area (Å²) in [4.78, 5) is 14.2. The number of nitrogens with zero attached hydrogens (tertiary/aromatic N) is 2. The first-order chi connectivity index (χ1) is 7.59. The summed E-state index contributed by atoms with van der Waals surface area (Å²) in [6.07, 6.45) is 4.28. The fourth-order valence-corrected chi connectivity index (χ4v) is 2.67. The molecule has 3 rings (SSSR count). The molecule has 2 aliphatic rings. The third kappa shape index (κ3) is 1.22. The van der Waals surface area contributed by atoms with Gasteiger partial charge in [0.15, 0.2) is 5.69 Å². The summed E-state index contributed by atoms with van der Waals surface area (Å²) in [5, 5.41) is 7.19. The number of amides is 1. The molecular formula is C12H17N3O. The second kappa shape index (κ2) is 3.09. The molecule has 0 atom stereocenters. The van der Waals surface area contributed by atoms with Gasteiger partial charge >= 0.3 is 0 Å². The molecule has 0 spiro atoms. The Labute approximate surface area is 95.0 Å². The topological polar surface area (TPSA) is 49.0 Å². The average Bonchev–Trinajstić information content (AvgIpc) is 2.76. The summed E-state index contributed by atoms with van der Waals surface area (Å²) in [6, 6.07) is 0. The molecule has 16 heavy (non-hydrogen) atoms. The van der Waals surface area contributed by atoms with Crippen LogP contribution in [0.15, 0.2) is 0 Å². The fraction of sp³-hybridized carbons (Fsp3) is 0.667. The lowest BCUT2D eigenvalue weighted by Gasteiger charge is -2.48. The Bertz CT molecular complexity index is 447. The fourth-order valence-electron chi connectivity index (χ4n) is 2.67. The Morgan fingerprint density at radius 2 is 2.25 bits per heavy atom. The van der Waals surface area contributed by atoms with Gasteiger partial charge in [0.05, 0.1) is 0 Å². The van der Waals surface area contributed by atoms with Crippen LogP contribution < -0.4 is 0 Å². The third-order valence-electron chi connectivity index (χ3n) is 3.93. The number of aromatic nitrogens is 2. The minimum Gasteiger partial charge on any atom is -0.332 e. The minimum absolute atomic E-state index is 0.0154. The van der Waals surface area contributed by atoms with Crippen molar-refractivity contribution in [2.24, 2.45) is 0 Å². The summed E-state index contributed by atoms with van der Waals surface area (Å²) in [5.41, 5.74) is 3.01. The molecule has 1 aliphatic heterocycles. The van der Waals surface area contributed by atoms with Gasteiger partial charge in [0.25, 0.3) is 5.91 Å². The molecule has 1 N–H and O–H groups in total. The SMILES string of the molecule is CC1(C)CCN1C(=O)c1n[nH]c2c1CCC2. The first-order valence-corrected chi connectivity index (χ1v) is 5.98. The van der Waals surface area contributed by atoms with Gasteiger partial charge in [-0.05, 0) is 39.5 Å². The normalized spacial score (nSPS) is 21.8. The van der Waals surface area contributed by atoms with Crippen molar-refractivity contribution in [3.05, 3.63) is 17.0 Å². The highest BCUT2D eigenvalue weighted by atomic mass is 16.2. The van der Waals surface area contributed by atoms with Crippen LogP contribution in [0.1, 0.15) is 48.4 Å². The van der Waals surface area contributed by atoms with Crippen LogP contribution in [0.5, 0.6) is 0 Å². The molecule has 1 amide bonds. The van der Waals surface area contributed by atoms with Crippen LogP contribution in [-0.2, 0) is 12.8 Å². The second-order valence-electron chi connectivity index (χ2n) is 5.40. The lowest BCUT2D eigenvalue weighted by molar-refractivity contribution is 0.0151. The van der Waals surface area contributed by atoms with E-state index in [-0.39, 0.29) is 11.4 Å².